The van der Waals surface area contributed by atoms with Crippen molar-refractivity contribution in [1.29, 1.82) is 0 Å². The minimum atomic E-state index is 0.0818. The molecule has 0 radical (unpaired) electrons. The summed E-state index contributed by atoms with van der Waals surface area (Å²) in [5, 5.41) is 5.69. The van der Waals surface area contributed by atoms with E-state index in [2.05, 4.69) is 48.0 Å². The van der Waals surface area contributed by atoms with E-state index in [4.69, 9.17) is 0 Å². The van der Waals surface area contributed by atoms with Crippen molar-refractivity contribution in [2.24, 2.45) is 0 Å². The van der Waals surface area contributed by atoms with Crippen LogP contribution < -0.4 is 5.32 Å². The lowest BCUT2D eigenvalue weighted by molar-refractivity contribution is -0.128. The zero-order valence-corrected chi connectivity index (χ0v) is 13.6. The van der Waals surface area contributed by atoms with Crippen LogP contribution in [-0.4, -0.2) is 17.9 Å². The van der Waals surface area contributed by atoms with E-state index in [9.17, 15) is 4.79 Å². The fraction of sp³-hybridized carbons (Fsp3) is 0.353. The summed E-state index contributed by atoms with van der Waals surface area (Å²) in [6.07, 6.45) is 1.04. The Labute approximate surface area is 130 Å². The number of nitrogens with zero attached hydrogens (tertiary/aromatic N) is 1. The Balaban J connectivity index is 2.08. The molecule has 21 heavy (non-hydrogen) atoms. The van der Waals surface area contributed by atoms with Crippen LogP contribution in [0.5, 0.6) is 0 Å². The number of nitrogens with one attached hydrogen (secondary N) is 1. The maximum atomic E-state index is 11.3. The molecule has 0 fully saturated rings. The Bertz CT molecular complexity index is 580. The van der Waals surface area contributed by atoms with Crippen molar-refractivity contribution in [3.8, 4) is 0 Å². The van der Waals surface area contributed by atoms with Crippen LogP contribution >= 0.6 is 11.3 Å². The monoisotopic (exact) mass is 302 g/mol. The molecule has 1 aromatic heterocycles. The van der Waals surface area contributed by atoms with Crippen LogP contribution in [0.25, 0.3) is 0 Å². The molecule has 0 aliphatic rings. The van der Waals surface area contributed by atoms with Crippen LogP contribution in [0.2, 0.25) is 0 Å². The molecule has 1 N–H and O–H groups in total. The van der Waals surface area contributed by atoms with E-state index in [1.807, 2.05) is 13.1 Å². The van der Waals surface area contributed by atoms with Crippen molar-refractivity contribution < 1.29 is 4.79 Å². The average Bonchev–Trinajstić information content (AvgIpc) is 2.99. The Kier molecular flexibility index (Phi) is 5.39. The summed E-state index contributed by atoms with van der Waals surface area (Å²) in [6.45, 7) is 4.41. The number of thiophene rings is 1. The first-order chi connectivity index (χ1) is 10.1. The van der Waals surface area contributed by atoms with Crippen molar-refractivity contribution in [1.82, 2.24) is 4.90 Å². The molecule has 0 saturated heterocycles. The maximum absolute atomic E-state index is 11.3. The van der Waals surface area contributed by atoms with Gasteiger partial charge in [-0.25, -0.2) is 0 Å². The van der Waals surface area contributed by atoms with Gasteiger partial charge in [0.25, 0.3) is 0 Å². The topological polar surface area (TPSA) is 32.3 Å². The van der Waals surface area contributed by atoms with Crippen molar-refractivity contribution in [2.75, 3.05) is 12.4 Å². The fourth-order valence-corrected chi connectivity index (χ4v) is 3.07. The highest BCUT2D eigenvalue weighted by Gasteiger charge is 2.10. The number of carbonyl (C=O) groups excluding carboxylic acids is 1. The number of amides is 1. The Morgan fingerprint density at radius 3 is 2.76 bits per heavy atom. The highest BCUT2D eigenvalue weighted by atomic mass is 32.1. The van der Waals surface area contributed by atoms with Gasteiger partial charge in [0.1, 0.15) is 0 Å². The first-order valence-electron chi connectivity index (χ1n) is 7.20. The molecule has 1 aromatic carbocycles. The van der Waals surface area contributed by atoms with Gasteiger partial charge in [-0.15, -0.1) is 11.3 Å². The molecule has 0 spiro atoms. The van der Waals surface area contributed by atoms with E-state index < -0.39 is 0 Å². The number of benzene rings is 1. The molecule has 2 aromatic rings. The van der Waals surface area contributed by atoms with Crippen LogP contribution in [0.15, 0.2) is 41.8 Å². The van der Waals surface area contributed by atoms with Crippen LogP contribution in [0, 0.1) is 0 Å². The number of anilines is 1. The van der Waals surface area contributed by atoms with Crippen LogP contribution in [0.1, 0.15) is 36.8 Å². The number of rotatable bonds is 6. The van der Waals surface area contributed by atoms with E-state index in [0.717, 1.165) is 17.7 Å². The minimum Gasteiger partial charge on any atom is -0.377 e. The lowest BCUT2D eigenvalue weighted by Crippen LogP contribution is -2.23. The highest BCUT2D eigenvalue weighted by Crippen LogP contribution is 2.26. The SMILES string of the molecule is CCC(Nc1cccc(CN(C)C(C)=O)c1)c1cccs1. The third-order valence-electron chi connectivity index (χ3n) is 3.52. The van der Waals surface area contributed by atoms with Crippen LogP contribution in [0.3, 0.4) is 0 Å². The fourth-order valence-electron chi connectivity index (χ4n) is 2.21. The van der Waals surface area contributed by atoms with Crippen molar-refractivity contribution in [3.05, 3.63) is 52.2 Å². The Morgan fingerprint density at radius 2 is 2.14 bits per heavy atom. The van der Waals surface area contributed by atoms with Crippen molar-refractivity contribution >= 4 is 22.9 Å². The summed E-state index contributed by atoms with van der Waals surface area (Å²) in [5.74, 6) is 0.0818. The lowest BCUT2D eigenvalue weighted by atomic mass is 10.1. The van der Waals surface area contributed by atoms with Gasteiger partial charge in [0, 0.05) is 31.1 Å². The largest absolute Gasteiger partial charge is 0.377 e. The molecule has 1 atom stereocenters. The number of hydrogen-bond donors (Lipinski definition) is 1. The molecule has 0 aliphatic carbocycles. The third kappa shape index (κ3) is 4.33. The molecular weight excluding hydrogens is 280 g/mol. The molecule has 3 nitrogen and oxygen atoms in total. The zero-order chi connectivity index (χ0) is 15.2. The standard InChI is InChI=1S/C17H22N2OS/c1-4-16(17-9-6-10-21-17)18-15-8-5-7-14(11-15)12-19(3)13(2)20/h5-11,16,18H,4,12H2,1-3H3. The summed E-state index contributed by atoms with van der Waals surface area (Å²) < 4.78 is 0. The quantitative estimate of drug-likeness (QED) is 0.863. The summed E-state index contributed by atoms with van der Waals surface area (Å²) >= 11 is 1.78. The van der Waals surface area contributed by atoms with Gasteiger partial charge in [0.15, 0.2) is 0 Å². The molecule has 0 saturated carbocycles. The third-order valence-corrected chi connectivity index (χ3v) is 4.51. The second-order valence-electron chi connectivity index (χ2n) is 5.20. The highest BCUT2D eigenvalue weighted by molar-refractivity contribution is 7.10. The van der Waals surface area contributed by atoms with E-state index in [0.29, 0.717) is 12.6 Å². The van der Waals surface area contributed by atoms with Gasteiger partial charge in [-0.1, -0.05) is 25.1 Å². The number of hydrogen-bond acceptors (Lipinski definition) is 3. The van der Waals surface area contributed by atoms with Gasteiger partial charge < -0.3 is 10.2 Å². The van der Waals surface area contributed by atoms with Gasteiger partial charge in [-0.05, 0) is 35.6 Å². The second kappa shape index (κ2) is 7.27. The summed E-state index contributed by atoms with van der Waals surface area (Å²) in [7, 11) is 1.82. The van der Waals surface area contributed by atoms with Crippen molar-refractivity contribution in [3.63, 3.8) is 0 Å². The first kappa shape index (κ1) is 15.6. The second-order valence-corrected chi connectivity index (χ2v) is 6.18. The van der Waals surface area contributed by atoms with E-state index in [1.54, 1.807) is 23.2 Å². The molecule has 1 unspecified atom stereocenters. The van der Waals surface area contributed by atoms with Gasteiger partial charge in [-0.3, -0.25) is 4.79 Å². The van der Waals surface area contributed by atoms with Crippen molar-refractivity contribution in [2.45, 2.75) is 32.9 Å². The van der Waals surface area contributed by atoms with Gasteiger partial charge in [0.2, 0.25) is 5.91 Å². The van der Waals surface area contributed by atoms with Gasteiger partial charge >= 0.3 is 0 Å². The summed E-state index contributed by atoms with van der Waals surface area (Å²) in [6, 6.07) is 12.9. The van der Waals surface area contributed by atoms with E-state index in [1.165, 1.54) is 4.88 Å². The lowest BCUT2D eigenvalue weighted by Gasteiger charge is -2.19. The first-order valence-corrected chi connectivity index (χ1v) is 8.08. The smallest absolute Gasteiger partial charge is 0.219 e. The Morgan fingerprint density at radius 1 is 1.33 bits per heavy atom. The van der Waals surface area contributed by atoms with Crippen LogP contribution in [0.4, 0.5) is 5.69 Å². The molecule has 4 heteroatoms. The molecule has 112 valence electrons. The average molecular weight is 302 g/mol. The molecule has 1 amide bonds. The minimum absolute atomic E-state index is 0.0818. The summed E-state index contributed by atoms with van der Waals surface area (Å²) in [4.78, 5) is 14.4. The van der Waals surface area contributed by atoms with Gasteiger partial charge in [0.05, 0.1) is 6.04 Å². The maximum Gasteiger partial charge on any atom is 0.219 e. The molecule has 2 rings (SSSR count). The van der Waals surface area contributed by atoms with Gasteiger partial charge in [-0.2, -0.15) is 0 Å². The normalized spacial score (nSPS) is 12.0. The number of carbonyl (C=O) groups is 1. The zero-order valence-electron chi connectivity index (χ0n) is 12.8. The van der Waals surface area contributed by atoms with E-state index >= 15 is 0 Å². The predicted molar refractivity (Wildman–Crippen MR) is 89.6 cm³/mol. The molecule has 0 bridgehead atoms. The molecular formula is C17H22N2OS. The predicted octanol–water partition coefficient (Wildman–Crippen LogP) is 4.29. The molecule has 0 aliphatic heterocycles. The Hall–Kier alpha value is -1.81. The van der Waals surface area contributed by atoms with E-state index in [-0.39, 0.29) is 5.91 Å². The molecule has 1 heterocycles. The summed E-state index contributed by atoms with van der Waals surface area (Å²) in [5.41, 5.74) is 2.24. The van der Waals surface area contributed by atoms with Crippen LogP contribution in [-0.2, 0) is 11.3 Å².